The summed E-state index contributed by atoms with van der Waals surface area (Å²) in [5.41, 5.74) is 0.0592. The van der Waals surface area contributed by atoms with Gasteiger partial charge >= 0.3 is 7.12 Å². The Hall–Kier alpha value is -1.38. The molecule has 5 heteroatoms. The highest BCUT2D eigenvalue weighted by Crippen LogP contribution is 2.36. The van der Waals surface area contributed by atoms with Crippen molar-refractivity contribution in [2.45, 2.75) is 45.8 Å². The summed E-state index contributed by atoms with van der Waals surface area (Å²) in [5, 5.41) is 8.94. The van der Waals surface area contributed by atoms with E-state index in [0.717, 1.165) is 5.56 Å². The molecule has 0 bridgehead atoms. The lowest BCUT2D eigenvalue weighted by molar-refractivity contribution is 0.00578. The first-order chi connectivity index (χ1) is 8.68. The molecule has 3 nitrogen and oxygen atoms in total. The summed E-state index contributed by atoms with van der Waals surface area (Å²) in [7, 11) is -0.781. The summed E-state index contributed by atoms with van der Waals surface area (Å²) < 4.78 is 25.9. The molecule has 19 heavy (non-hydrogen) atoms. The van der Waals surface area contributed by atoms with Crippen LogP contribution in [-0.4, -0.2) is 18.3 Å². The molecule has 100 valence electrons. The molecule has 0 unspecified atom stereocenters. The summed E-state index contributed by atoms with van der Waals surface area (Å²) in [6.07, 6.45) is 0. The second-order valence-corrected chi connectivity index (χ2v) is 5.92. The van der Waals surface area contributed by atoms with E-state index in [0.29, 0.717) is 0 Å². The molecule has 0 spiro atoms. The Morgan fingerprint density at radius 2 is 1.68 bits per heavy atom. The minimum absolute atomic E-state index is 0.0183. The lowest BCUT2D eigenvalue weighted by Crippen LogP contribution is -2.41. The first-order valence-corrected chi connectivity index (χ1v) is 6.24. The molecule has 0 N–H and O–H groups in total. The van der Waals surface area contributed by atoms with Gasteiger partial charge in [-0.15, -0.1) is 0 Å². The van der Waals surface area contributed by atoms with E-state index >= 15 is 0 Å². The van der Waals surface area contributed by atoms with Crippen molar-refractivity contribution in [3.8, 4) is 6.07 Å². The van der Waals surface area contributed by atoms with Gasteiger partial charge in [-0.3, -0.25) is 0 Å². The molecule has 1 aliphatic rings. The highest BCUT2D eigenvalue weighted by molar-refractivity contribution is 6.62. The number of nitrogens with zero attached hydrogens (tertiary/aromatic N) is 1. The van der Waals surface area contributed by atoms with Gasteiger partial charge in [0, 0.05) is 5.46 Å². The van der Waals surface area contributed by atoms with E-state index in [1.807, 2.05) is 40.7 Å². The minimum Gasteiger partial charge on any atom is -0.399 e. The number of aryl methyl sites for hydroxylation is 1. The van der Waals surface area contributed by atoms with Crippen LogP contribution in [0.5, 0.6) is 0 Å². The highest BCUT2D eigenvalue weighted by Gasteiger charge is 2.52. The number of nitriles is 1. The fourth-order valence-corrected chi connectivity index (χ4v) is 2.02. The molecule has 1 heterocycles. The number of halogens is 1. The molecule has 0 radical (unpaired) electrons. The zero-order valence-corrected chi connectivity index (χ0v) is 11.9. The monoisotopic (exact) mass is 261 g/mol. The second-order valence-electron chi connectivity index (χ2n) is 5.92. The molecular formula is C14H17BFNO2. The van der Waals surface area contributed by atoms with Gasteiger partial charge in [-0.25, -0.2) is 4.39 Å². The fourth-order valence-electron chi connectivity index (χ4n) is 2.02. The van der Waals surface area contributed by atoms with Crippen LogP contribution in [0.1, 0.15) is 38.8 Å². The summed E-state index contributed by atoms with van der Waals surface area (Å²) in [4.78, 5) is 0. The molecule has 1 aromatic carbocycles. The van der Waals surface area contributed by atoms with Crippen molar-refractivity contribution in [3.63, 3.8) is 0 Å². The van der Waals surface area contributed by atoms with Crippen molar-refractivity contribution in [3.05, 3.63) is 29.1 Å². The first-order valence-electron chi connectivity index (χ1n) is 6.24. The maximum Gasteiger partial charge on any atom is 0.497 e. The van der Waals surface area contributed by atoms with Gasteiger partial charge in [-0.05, 0) is 46.2 Å². The van der Waals surface area contributed by atoms with Crippen molar-refractivity contribution < 1.29 is 13.7 Å². The van der Waals surface area contributed by atoms with Crippen LogP contribution in [0, 0.1) is 24.1 Å². The summed E-state index contributed by atoms with van der Waals surface area (Å²) in [6.45, 7) is 9.45. The van der Waals surface area contributed by atoms with Crippen LogP contribution in [0.3, 0.4) is 0 Å². The topological polar surface area (TPSA) is 42.2 Å². The number of hydrogen-bond donors (Lipinski definition) is 0. The average molecular weight is 261 g/mol. The highest BCUT2D eigenvalue weighted by atomic mass is 19.1. The predicted octanol–water partition coefficient (Wildman–Crippen LogP) is 2.31. The van der Waals surface area contributed by atoms with Gasteiger partial charge in [-0.2, -0.15) is 5.26 Å². The van der Waals surface area contributed by atoms with Gasteiger partial charge in [0.25, 0.3) is 0 Å². The van der Waals surface area contributed by atoms with E-state index < -0.39 is 24.1 Å². The van der Waals surface area contributed by atoms with Crippen LogP contribution in [0.15, 0.2) is 12.1 Å². The van der Waals surface area contributed by atoms with E-state index in [2.05, 4.69) is 0 Å². The first kappa shape index (κ1) is 14.0. The smallest absolute Gasteiger partial charge is 0.399 e. The van der Waals surface area contributed by atoms with E-state index in [1.54, 1.807) is 6.07 Å². The van der Waals surface area contributed by atoms with Gasteiger partial charge in [0.15, 0.2) is 0 Å². The quantitative estimate of drug-likeness (QED) is 0.728. The molecule has 1 saturated heterocycles. The number of benzene rings is 1. The van der Waals surface area contributed by atoms with Crippen LogP contribution < -0.4 is 5.46 Å². The van der Waals surface area contributed by atoms with Gasteiger partial charge in [0.2, 0.25) is 0 Å². The molecule has 1 aromatic rings. The van der Waals surface area contributed by atoms with Crippen molar-refractivity contribution in [1.29, 1.82) is 5.26 Å². The lowest BCUT2D eigenvalue weighted by Gasteiger charge is -2.32. The van der Waals surface area contributed by atoms with Crippen molar-refractivity contribution in [1.82, 2.24) is 0 Å². The van der Waals surface area contributed by atoms with E-state index in [1.165, 1.54) is 6.07 Å². The standard InChI is InChI=1S/C14H17BFNO2/c1-9-6-10(8-17)12(16)11(7-9)15-18-13(2,3)14(4,5)19-15/h6-7H,1-5H3. The molecule has 0 amide bonds. The van der Waals surface area contributed by atoms with E-state index in [-0.39, 0.29) is 11.0 Å². The molecule has 1 aliphatic heterocycles. The Labute approximate surface area is 113 Å². The fraction of sp³-hybridized carbons (Fsp3) is 0.500. The molecule has 0 aliphatic carbocycles. The van der Waals surface area contributed by atoms with Crippen LogP contribution >= 0.6 is 0 Å². The van der Waals surface area contributed by atoms with Crippen LogP contribution in [0.25, 0.3) is 0 Å². The maximum atomic E-state index is 14.2. The second kappa shape index (κ2) is 4.33. The minimum atomic E-state index is -0.781. The number of hydrogen-bond acceptors (Lipinski definition) is 3. The van der Waals surface area contributed by atoms with E-state index in [4.69, 9.17) is 14.6 Å². The Bertz CT molecular complexity index is 547. The van der Waals surface area contributed by atoms with Crippen LogP contribution in [0.4, 0.5) is 4.39 Å². The van der Waals surface area contributed by atoms with Gasteiger partial charge in [0.1, 0.15) is 11.9 Å². The Morgan fingerprint density at radius 1 is 1.16 bits per heavy atom. The van der Waals surface area contributed by atoms with Crippen molar-refractivity contribution in [2.75, 3.05) is 0 Å². The predicted molar refractivity (Wildman–Crippen MR) is 71.6 cm³/mol. The Kier molecular flexibility index (Phi) is 3.20. The van der Waals surface area contributed by atoms with Gasteiger partial charge in [-0.1, -0.05) is 6.07 Å². The normalized spacial score (nSPS) is 20.4. The summed E-state index contributed by atoms with van der Waals surface area (Å²) in [5.74, 6) is -0.563. The van der Waals surface area contributed by atoms with Crippen molar-refractivity contribution in [2.24, 2.45) is 0 Å². The van der Waals surface area contributed by atoms with Gasteiger partial charge < -0.3 is 9.31 Å². The third kappa shape index (κ3) is 2.26. The lowest BCUT2D eigenvalue weighted by atomic mass is 9.77. The summed E-state index contributed by atoms with van der Waals surface area (Å²) >= 11 is 0. The molecule has 0 saturated carbocycles. The Morgan fingerprint density at radius 3 is 2.16 bits per heavy atom. The average Bonchev–Trinajstić information content (AvgIpc) is 2.50. The Balaban J connectivity index is 2.46. The largest absolute Gasteiger partial charge is 0.497 e. The molecule has 0 atom stereocenters. The number of rotatable bonds is 1. The van der Waals surface area contributed by atoms with Gasteiger partial charge in [0.05, 0.1) is 16.8 Å². The third-order valence-electron chi connectivity index (χ3n) is 3.87. The van der Waals surface area contributed by atoms with Crippen molar-refractivity contribution >= 4 is 12.6 Å². The zero-order valence-electron chi connectivity index (χ0n) is 11.9. The molecule has 2 rings (SSSR count). The molecule has 1 fully saturated rings. The van der Waals surface area contributed by atoms with Crippen LogP contribution in [0.2, 0.25) is 0 Å². The third-order valence-corrected chi connectivity index (χ3v) is 3.87. The SMILES string of the molecule is Cc1cc(C#N)c(F)c(B2OC(C)(C)C(C)(C)O2)c1. The van der Waals surface area contributed by atoms with Crippen LogP contribution in [-0.2, 0) is 9.31 Å². The molecular weight excluding hydrogens is 244 g/mol. The zero-order chi connectivity index (χ0) is 14.4. The maximum absolute atomic E-state index is 14.2. The summed E-state index contributed by atoms with van der Waals surface area (Å²) in [6, 6.07) is 5.04. The molecule has 0 aromatic heterocycles. The van der Waals surface area contributed by atoms with E-state index in [9.17, 15) is 4.39 Å².